The summed E-state index contributed by atoms with van der Waals surface area (Å²) in [6.07, 6.45) is 4.06. The van der Waals surface area contributed by atoms with Gasteiger partial charge in [0, 0.05) is 25.8 Å². The van der Waals surface area contributed by atoms with Gasteiger partial charge in [0.1, 0.15) is 0 Å². The zero-order valence-electron chi connectivity index (χ0n) is 11.1. The van der Waals surface area contributed by atoms with Crippen LogP contribution in [0.1, 0.15) is 12.8 Å². The summed E-state index contributed by atoms with van der Waals surface area (Å²) in [6.45, 7) is 3.21. The van der Waals surface area contributed by atoms with Crippen LogP contribution < -0.4 is 10.6 Å². The molecule has 100 valence electrons. The van der Waals surface area contributed by atoms with E-state index in [1.807, 2.05) is 0 Å². The summed E-state index contributed by atoms with van der Waals surface area (Å²) >= 11 is 5.87. The number of nitrogens with zero attached hydrogens (tertiary/aromatic N) is 3. The van der Waals surface area contributed by atoms with Crippen molar-refractivity contribution >= 4 is 23.1 Å². The highest BCUT2D eigenvalue weighted by Gasteiger charge is 2.21. The lowest BCUT2D eigenvalue weighted by molar-refractivity contribution is 0.284. The molecule has 0 saturated carbocycles. The highest BCUT2D eigenvalue weighted by molar-refractivity contribution is 6.30. The summed E-state index contributed by atoms with van der Waals surface area (Å²) in [4.78, 5) is 8.87. The number of halogens is 1. The van der Waals surface area contributed by atoms with Crippen molar-refractivity contribution in [2.75, 3.05) is 44.4 Å². The van der Waals surface area contributed by atoms with Crippen LogP contribution in [-0.4, -0.2) is 43.6 Å². The van der Waals surface area contributed by atoms with Gasteiger partial charge in [-0.05, 0) is 38.9 Å². The lowest BCUT2D eigenvalue weighted by atomic mass is 9.96. The number of aromatic nitrogens is 1. The van der Waals surface area contributed by atoms with Gasteiger partial charge in [0.25, 0.3) is 0 Å². The van der Waals surface area contributed by atoms with Crippen LogP contribution in [0.25, 0.3) is 0 Å². The minimum atomic E-state index is 0.596. The Bertz CT molecular complexity index is 400. The highest BCUT2D eigenvalue weighted by atomic mass is 35.5. The molecule has 5 heteroatoms. The third-order valence-electron chi connectivity index (χ3n) is 3.40. The molecule has 0 aliphatic carbocycles. The molecule has 1 aliphatic heterocycles. The predicted molar refractivity (Wildman–Crippen MR) is 77.2 cm³/mol. The van der Waals surface area contributed by atoms with E-state index in [0.29, 0.717) is 10.7 Å². The van der Waals surface area contributed by atoms with Crippen LogP contribution in [-0.2, 0) is 0 Å². The van der Waals surface area contributed by atoms with E-state index in [2.05, 4.69) is 28.9 Å². The number of hydrogen-bond donors (Lipinski definition) is 1. The summed E-state index contributed by atoms with van der Waals surface area (Å²) < 4.78 is 0. The normalized spacial score (nSPS) is 17.4. The van der Waals surface area contributed by atoms with Gasteiger partial charge in [0.2, 0.25) is 0 Å². The van der Waals surface area contributed by atoms with E-state index in [4.69, 9.17) is 17.3 Å². The monoisotopic (exact) mass is 268 g/mol. The Kier molecular flexibility index (Phi) is 4.30. The first-order valence-corrected chi connectivity index (χ1v) is 6.74. The standard InChI is InChI=1S/C13H21ClN4/c1-17(2)9-10-3-5-18(6-4-10)13-12(15)7-11(14)8-16-13/h7-8,10H,3-6,9,15H2,1-2H3. The maximum Gasteiger partial charge on any atom is 0.151 e. The Morgan fingerprint density at radius 3 is 2.67 bits per heavy atom. The molecule has 4 nitrogen and oxygen atoms in total. The van der Waals surface area contributed by atoms with Crippen molar-refractivity contribution < 1.29 is 0 Å². The molecule has 1 saturated heterocycles. The molecule has 2 rings (SSSR count). The quantitative estimate of drug-likeness (QED) is 0.912. The van der Waals surface area contributed by atoms with E-state index in [1.165, 1.54) is 12.8 Å². The molecule has 2 N–H and O–H groups in total. The zero-order valence-corrected chi connectivity index (χ0v) is 11.8. The van der Waals surface area contributed by atoms with Crippen molar-refractivity contribution in [3.05, 3.63) is 17.3 Å². The lowest BCUT2D eigenvalue weighted by Crippen LogP contribution is -2.37. The fourth-order valence-electron chi connectivity index (χ4n) is 2.56. The summed E-state index contributed by atoms with van der Waals surface area (Å²) in [6, 6.07) is 1.77. The number of rotatable bonds is 3. The van der Waals surface area contributed by atoms with Crippen LogP contribution in [0.4, 0.5) is 11.5 Å². The average molecular weight is 269 g/mol. The average Bonchev–Trinajstić information content (AvgIpc) is 2.30. The molecule has 1 aromatic rings. The Hall–Kier alpha value is -1.00. The fourth-order valence-corrected chi connectivity index (χ4v) is 2.72. The van der Waals surface area contributed by atoms with Crippen molar-refractivity contribution in [3.8, 4) is 0 Å². The van der Waals surface area contributed by atoms with E-state index in [9.17, 15) is 0 Å². The number of nitrogens with two attached hydrogens (primary N) is 1. The SMILES string of the molecule is CN(C)CC1CCN(c2ncc(Cl)cc2N)CC1. The molecule has 1 fully saturated rings. The largest absolute Gasteiger partial charge is 0.396 e. The van der Waals surface area contributed by atoms with Crippen LogP contribution in [0, 0.1) is 5.92 Å². The summed E-state index contributed by atoms with van der Waals surface area (Å²) in [7, 11) is 4.26. The predicted octanol–water partition coefficient (Wildman–Crippen LogP) is 2.10. The second kappa shape index (κ2) is 5.76. The van der Waals surface area contributed by atoms with Crippen LogP contribution in [0.15, 0.2) is 12.3 Å². The minimum Gasteiger partial charge on any atom is -0.396 e. The second-order valence-electron chi connectivity index (χ2n) is 5.26. The topological polar surface area (TPSA) is 45.4 Å². The van der Waals surface area contributed by atoms with Crippen molar-refractivity contribution in [2.45, 2.75) is 12.8 Å². The Labute approximate surface area is 114 Å². The van der Waals surface area contributed by atoms with Crippen LogP contribution in [0.2, 0.25) is 5.02 Å². The zero-order chi connectivity index (χ0) is 13.1. The van der Waals surface area contributed by atoms with E-state index in [1.54, 1.807) is 12.3 Å². The Morgan fingerprint density at radius 2 is 2.11 bits per heavy atom. The van der Waals surface area contributed by atoms with Gasteiger partial charge >= 0.3 is 0 Å². The first-order valence-electron chi connectivity index (χ1n) is 6.37. The second-order valence-corrected chi connectivity index (χ2v) is 5.70. The maximum atomic E-state index is 5.97. The lowest BCUT2D eigenvalue weighted by Gasteiger charge is -2.34. The third-order valence-corrected chi connectivity index (χ3v) is 3.61. The van der Waals surface area contributed by atoms with E-state index in [-0.39, 0.29) is 0 Å². The molecular weight excluding hydrogens is 248 g/mol. The number of nitrogen functional groups attached to an aromatic ring is 1. The van der Waals surface area contributed by atoms with E-state index >= 15 is 0 Å². The molecule has 0 spiro atoms. The molecule has 0 radical (unpaired) electrons. The third kappa shape index (κ3) is 3.27. The molecular formula is C13H21ClN4. The molecule has 0 unspecified atom stereocenters. The van der Waals surface area contributed by atoms with Crippen LogP contribution in [0.3, 0.4) is 0 Å². The number of piperidine rings is 1. The van der Waals surface area contributed by atoms with E-state index in [0.717, 1.165) is 31.4 Å². The highest BCUT2D eigenvalue weighted by Crippen LogP contribution is 2.27. The maximum absolute atomic E-state index is 5.97. The number of anilines is 2. The summed E-state index contributed by atoms with van der Waals surface area (Å²) in [5, 5.41) is 0.596. The molecule has 0 aromatic carbocycles. The van der Waals surface area contributed by atoms with Crippen LogP contribution in [0.5, 0.6) is 0 Å². The van der Waals surface area contributed by atoms with Crippen molar-refractivity contribution in [3.63, 3.8) is 0 Å². The minimum absolute atomic E-state index is 0.596. The molecule has 18 heavy (non-hydrogen) atoms. The summed E-state index contributed by atoms with van der Waals surface area (Å²) in [5.41, 5.74) is 6.65. The van der Waals surface area contributed by atoms with Crippen molar-refractivity contribution in [1.29, 1.82) is 0 Å². The smallest absolute Gasteiger partial charge is 0.151 e. The van der Waals surface area contributed by atoms with Gasteiger partial charge in [-0.2, -0.15) is 0 Å². The number of pyridine rings is 1. The molecule has 0 atom stereocenters. The van der Waals surface area contributed by atoms with Crippen molar-refractivity contribution in [2.24, 2.45) is 5.92 Å². The molecule has 0 bridgehead atoms. The van der Waals surface area contributed by atoms with Gasteiger partial charge in [0.15, 0.2) is 5.82 Å². The fraction of sp³-hybridized carbons (Fsp3) is 0.615. The molecule has 1 aromatic heterocycles. The van der Waals surface area contributed by atoms with Gasteiger partial charge < -0.3 is 15.5 Å². The van der Waals surface area contributed by atoms with Gasteiger partial charge in [0.05, 0.1) is 10.7 Å². The Morgan fingerprint density at radius 1 is 1.44 bits per heavy atom. The molecule has 2 heterocycles. The Balaban J connectivity index is 1.97. The van der Waals surface area contributed by atoms with Gasteiger partial charge in [-0.3, -0.25) is 0 Å². The van der Waals surface area contributed by atoms with Crippen molar-refractivity contribution in [1.82, 2.24) is 9.88 Å². The van der Waals surface area contributed by atoms with Crippen LogP contribution >= 0.6 is 11.6 Å². The summed E-state index contributed by atoms with van der Waals surface area (Å²) in [5.74, 6) is 1.66. The first-order chi connectivity index (χ1) is 8.56. The molecule has 1 aliphatic rings. The first kappa shape index (κ1) is 13.4. The van der Waals surface area contributed by atoms with E-state index < -0.39 is 0 Å². The molecule has 0 amide bonds. The van der Waals surface area contributed by atoms with Gasteiger partial charge in [-0.25, -0.2) is 4.98 Å². The van der Waals surface area contributed by atoms with Gasteiger partial charge in [-0.15, -0.1) is 0 Å². The number of hydrogen-bond acceptors (Lipinski definition) is 4. The van der Waals surface area contributed by atoms with Gasteiger partial charge in [-0.1, -0.05) is 11.6 Å².